The number of allylic oxidation sites excluding steroid dienone is 1. The van der Waals surface area contributed by atoms with Gasteiger partial charge in [-0.3, -0.25) is 4.79 Å². The molecule has 1 fully saturated rings. The third-order valence-electron chi connectivity index (χ3n) is 4.43. The SMILES string of the molecule is C=CCn1c(=NC(=O)C2CCN(S(C)(=O)=O)CC2)sc2cc(Br)ccc21. The molecule has 9 heteroatoms. The second-order valence-electron chi connectivity index (χ2n) is 6.28. The smallest absolute Gasteiger partial charge is 0.251 e. The first-order valence-electron chi connectivity index (χ1n) is 8.23. The molecule has 1 aromatic carbocycles. The molecule has 1 aliphatic heterocycles. The maximum Gasteiger partial charge on any atom is 0.251 e. The molecule has 26 heavy (non-hydrogen) atoms. The zero-order valence-corrected chi connectivity index (χ0v) is 17.6. The van der Waals surface area contributed by atoms with Crippen LogP contribution in [-0.2, 0) is 21.4 Å². The predicted octanol–water partition coefficient (Wildman–Crippen LogP) is 2.75. The molecule has 2 aromatic rings. The topological polar surface area (TPSA) is 71.7 Å². The molecule has 0 unspecified atom stereocenters. The van der Waals surface area contributed by atoms with Gasteiger partial charge in [0.2, 0.25) is 10.0 Å². The minimum atomic E-state index is -3.20. The van der Waals surface area contributed by atoms with Crippen molar-refractivity contribution >= 4 is 53.4 Å². The van der Waals surface area contributed by atoms with E-state index in [0.717, 1.165) is 14.7 Å². The van der Waals surface area contributed by atoms with Crippen molar-refractivity contribution in [2.45, 2.75) is 19.4 Å². The molecule has 1 aliphatic rings. The lowest BCUT2D eigenvalue weighted by Gasteiger charge is -2.28. The lowest BCUT2D eigenvalue weighted by Crippen LogP contribution is -2.39. The number of aromatic nitrogens is 1. The molecular formula is C17H20BrN3O3S2. The average Bonchev–Trinajstić information content (AvgIpc) is 2.91. The van der Waals surface area contributed by atoms with Crippen LogP contribution < -0.4 is 4.80 Å². The molecule has 1 amide bonds. The normalized spacial score (nSPS) is 17.7. The number of carbonyl (C=O) groups excluding carboxylic acids is 1. The first-order valence-corrected chi connectivity index (χ1v) is 11.7. The zero-order chi connectivity index (χ0) is 18.9. The second kappa shape index (κ2) is 7.75. The maximum absolute atomic E-state index is 12.6. The molecule has 2 heterocycles. The number of fused-ring (bicyclic) bond motifs is 1. The van der Waals surface area contributed by atoms with E-state index in [1.807, 2.05) is 22.8 Å². The second-order valence-corrected chi connectivity index (χ2v) is 10.2. The van der Waals surface area contributed by atoms with Gasteiger partial charge >= 0.3 is 0 Å². The van der Waals surface area contributed by atoms with Crippen molar-refractivity contribution in [3.63, 3.8) is 0 Å². The molecule has 0 aliphatic carbocycles. The monoisotopic (exact) mass is 457 g/mol. The average molecular weight is 458 g/mol. The quantitative estimate of drug-likeness (QED) is 0.662. The van der Waals surface area contributed by atoms with Gasteiger partial charge in [-0.15, -0.1) is 6.58 Å². The summed E-state index contributed by atoms with van der Waals surface area (Å²) in [5, 5.41) is 0. The summed E-state index contributed by atoms with van der Waals surface area (Å²) in [4.78, 5) is 17.7. The van der Waals surface area contributed by atoms with E-state index in [9.17, 15) is 13.2 Å². The molecular weight excluding hydrogens is 438 g/mol. The van der Waals surface area contributed by atoms with Gasteiger partial charge < -0.3 is 4.57 Å². The summed E-state index contributed by atoms with van der Waals surface area (Å²) in [5.74, 6) is -0.413. The van der Waals surface area contributed by atoms with Crippen molar-refractivity contribution < 1.29 is 13.2 Å². The fourth-order valence-corrected chi connectivity index (χ4v) is 5.53. The number of hydrogen-bond acceptors (Lipinski definition) is 4. The van der Waals surface area contributed by atoms with Gasteiger partial charge in [0.15, 0.2) is 4.80 Å². The summed E-state index contributed by atoms with van der Waals surface area (Å²) in [6.07, 6.45) is 4.00. The van der Waals surface area contributed by atoms with Crippen molar-refractivity contribution in [3.05, 3.63) is 40.1 Å². The number of rotatable bonds is 4. The Morgan fingerprint density at radius 1 is 1.42 bits per heavy atom. The van der Waals surface area contributed by atoms with Gasteiger partial charge in [-0.1, -0.05) is 33.3 Å². The van der Waals surface area contributed by atoms with E-state index in [4.69, 9.17) is 0 Å². The van der Waals surface area contributed by atoms with Crippen molar-refractivity contribution in [3.8, 4) is 0 Å². The van der Waals surface area contributed by atoms with Crippen LogP contribution in [-0.4, -0.2) is 42.5 Å². The molecule has 0 atom stereocenters. The molecule has 1 saturated heterocycles. The highest BCUT2D eigenvalue weighted by molar-refractivity contribution is 9.10. The Hall–Kier alpha value is -1.29. The van der Waals surface area contributed by atoms with Crippen LogP contribution in [0, 0.1) is 5.92 Å². The number of nitrogens with zero attached hydrogens (tertiary/aromatic N) is 3. The number of carbonyl (C=O) groups is 1. The predicted molar refractivity (Wildman–Crippen MR) is 107 cm³/mol. The Kier molecular flexibility index (Phi) is 5.81. The van der Waals surface area contributed by atoms with Gasteiger partial charge in [0.05, 0.1) is 16.5 Å². The highest BCUT2D eigenvalue weighted by atomic mass is 79.9. The molecule has 0 bridgehead atoms. The van der Waals surface area contributed by atoms with Crippen LogP contribution in [0.3, 0.4) is 0 Å². The standard InChI is InChI=1S/C17H20BrN3O3S2/c1-3-8-21-14-5-4-13(18)11-15(14)25-17(21)19-16(22)12-6-9-20(10-7-12)26(2,23)24/h3-5,11-12H,1,6-10H2,2H3. The van der Waals surface area contributed by atoms with Crippen LogP contribution in [0.4, 0.5) is 0 Å². The van der Waals surface area contributed by atoms with Crippen LogP contribution >= 0.6 is 27.3 Å². The lowest BCUT2D eigenvalue weighted by atomic mass is 9.98. The Morgan fingerprint density at radius 2 is 2.12 bits per heavy atom. The number of hydrogen-bond donors (Lipinski definition) is 0. The van der Waals surface area contributed by atoms with E-state index >= 15 is 0 Å². The van der Waals surface area contributed by atoms with E-state index < -0.39 is 10.0 Å². The summed E-state index contributed by atoms with van der Waals surface area (Å²) >= 11 is 4.93. The largest absolute Gasteiger partial charge is 0.313 e. The highest BCUT2D eigenvalue weighted by Gasteiger charge is 2.28. The summed E-state index contributed by atoms with van der Waals surface area (Å²) in [6, 6.07) is 5.96. The molecule has 0 radical (unpaired) electrons. The molecule has 140 valence electrons. The van der Waals surface area contributed by atoms with Gasteiger partial charge in [0.25, 0.3) is 5.91 Å². The van der Waals surface area contributed by atoms with E-state index in [1.165, 1.54) is 21.9 Å². The zero-order valence-electron chi connectivity index (χ0n) is 14.4. The number of halogens is 1. The van der Waals surface area contributed by atoms with E-state index in [2.05, 4.69) is 27.5 Å². The lowest BCUT2D eigenvalue weighted by molar-refractivity contribution is -0.122. The minimum Gasteiger partial charge on any atom is -0.313 e. The minimum absolute atomic E-state index is 0.179. The molecule has 6 nitrogen and oxygen atoms in total. The summed E-state index contributed by atoms with van der Waals surface area (Å²) in [6.45, 7) is 5.10. The van der Waals surface area contributed by atoms with Crippen molar-refractivity contribution in [2.75, 3.05) is 19.3 Å². The molecule has 0 spiro atoms. The van der Waals surface area contributed by atoms with Gasteiger partial charge in [0, 0.05) is 30.0 Å². The molecule has 0 saturated carbocycles. The number of sulfonamides is 1. The highest BCUT2D eigenvalue weighted by Crippen LogP contribution is 2.23. The van der Waals surface area contributed by atoms with E-state index in [0.29, 0.717) is 37.3 Å². The Labute approximate surface area is 165 Å². The van der Waals surface area contributed by atoms with Crippen LogP contribution in [0.2, 0.25) is 0 Å². The first-order chi connectivity index (χ1) is 12.3. The van der Waals surface area contributed by atoms with Crippen LogP contribution in [0.1, 0.15) is 12.8 Å². The molecule has 1 aromatic heterocycles. The van der Waals surface area contributed by atoms with Gasteiger partial charge in [-0.2, -0.15) is 4.99 Å². The van der Waals surface area contributed by atoms with Gasteiger partial charge in [-0.05, 0) is 31.0 Å². The summed E-state index contributed by atoms with van der Waals surface area (Å²) < 4.78 is 28.6. The van der Waals surface area contributed by atoms with Crippen molar-refractivity contribution in [1.82, 2.24) is 8.87 Å². The number of amides is 1. The molecule has 3 rings (SSSR count). The fraction of sp³-hybridized carbons (Fsp3) is 0.412. The summed E-state index contributed by atoms with van der Waals surface area (Å²) in [7, 11) is -3.20. The van der Waals surface area contributed by atoms with Crippen LogP contribution in [0.25, 0.3) is 10.2 Å². The Balaban J connectivity index is 1.89. The van der Waals surface area contributed by atoms with Gasteiger partial charge in [0.1, 0.15) is 0 Å². The van der Waals surface area contributed by atoms with Crippen LogP contribution in [0.15, 0.2) is 40.3 Å². The first kappa shape index (κ1) is 19.5. The molecule has 0 N–H and O–H groups in total. The number of benzene rings is 1. The van der Waals surface area contributed by atoms with Gasteiger partial charge in [-0.25, -0.2) is 12.7 Å². The third kappa shape index (κ3) is 4.16. The van der Waals surface area contributed by atoms with Crippen molar-refractivity contribution in [1.29, 1.82) is 0 Å². The number of piperidine rings is 1. The van der Waals surface area contributed by atoms with Crippen molar-refractivity contribution in [2.24, 2.45) is 10.9 Å². The Bertz CT molecular complexity index is 1020. The number of thiazole rings is 1. The maximum atomic E-state index is 12.6. The third-order valence-corrected chi connectivity index (χ3v) is 7.27. The van der Waals surface area contributed by atoms with E-state index in [1.54, 1.807) is 6.08 Å². The fourth-order valence-electron chi connectivity index (χ4n) is 3.06. The van der Waals surface area contributed by atoms with Crippen LogP contribution in [0.5, 0.6) is 0 Å². The van der Waals surface area contributed by atoms with E-state index in [-0.39, 0.29) is 11.8 Å². The summed E-state index contributed by atoms with van der Waals surface area (Å²) in [5.41, 5.74) is 1.01. The Morgan fingerprint density at radius 3 is 2.73 bits per heavy atom.